The summed E-state index contributed by atoms with van der Waals surface area (Å²) in [6, 6.07) is 0. The highest BCUT2D eigenvalue weighted by molar-refractivity contribution is 5.38. The maximum absolute atomic E-state index is 13.3. The molecular formula is C10H16FN5O. The van der Waals surface area contributed by atoms with Crippen molar-refractivity contribution in [3.63, 3.8) is 0 Å². The normalized spacial score (nSPS) is 17.0. The predicted molar refractivity (Wildman–Crippen MR) is 62.2 cm³/mol. The van der Waals surface area contributed by atoms with Gasteiger partial charge in [-0.2, -0.15) is 4.98 Å². The molecule has 0 aliphatic carbocycles. The van der Waals surface area contributed by atoms with Gasteiger partial charge in [0.2, 0.25) is 5.95 Å². The highest BCUT2D eigenvalue weighted by Gasteiger charge is 2.10. The molecule has 1 aliphatic rings. The van der Waals surface area contributed by atoms with E-state index >= 15 is 0 Å². The lowest BCUT2D eigenvalue weighted by molar-refractivity contribution is 0.0398. The first-order valence-corrected chi connectivity index (χ1v) is 5.57. The van der Waals surface area contributed by atoms with Gasteiger partial charge in [0, 0.05) is 26.2 Å². The Morgan fingerprint density at radius 2 is 2.24 bits per heavy atom. The lowest BCUT2D eigenvalue weighted by atomic mass is 10.4. The predicted octanol–water partition coefficient (Wildman–Crippen LogP) is -0.0580. The summed E-state index contributed by atoms with van der Waals surface area (Å²) in [7, 11) is 0. The summed E-state index contributed by atoms with van der Waals surface area (Å²) in [5.74, 6) is -0.257. The summed E-state index contributed by atoms with van der Waals surface area (Å²) < 4.78 is 18.5. The Morgan fingerprint density at radius 1 is 1.47 bits per heavy atom. The van der Waals surface area contributed by atoms with E-state index in [4.69, 9.17) is 10.5 Å². The second-order valence-electron chi connectivity index (χ2n) is 3.81. The molecule has 2 heterocycles. The van der Waals surface area contributed by atoms with Crippen LogP contribution in [-0.4, -0.2) is 54.3 Å². The van der Waals surface area contributed by atoms with Gasteiger partial charge in [0.1, 0.15) is 0 Å². The van der Waals surface area contributed by atoms with Crippen LogP contribution in [0.1, 0.15) is 0 Å². The Hall–Kier alpha value is -1.47. The van der Waals surface area contributed by atoms with Gasteiger partial charge in [-0.25, -0.2) is 9.37 Å². The van der Waals surface area contributed by atoms with Crippen LogP contribution in [0.3, 0.4) is 0 Å². The van der Waals surface area contributed by atoms with Crippen LogP contribution >= 0.6 is 0 Å². The van der Waals surface area contributed by atoms with Gasteiger partial charge in [0.25, 0.3) is 0 Å². The summed E-state index contributed by atoms with van der Waals surface area (Å²) >= 11 is 0. The number of nitrogens with zero attached hydrogens (tertiary/aromatic N) is 3. The van der Waals surface area contributed by atoms with Gasteiger partial charge < -0.3 is 15.8 Å². The number of aromatic nitrogens is 2. The average molecular weight is 241 g/mol. The van der Waals surface area contributed by atoms with Crippen LogP contribution in [0.15, 0.2) is 6.20 Å². The van der Waals surface area contributed by atoms with Crippen LogP contribution in [0.5, 0.6) is 0 Å². The van der Waals surface area contributed by atoms with Gasteiger partial charge in [-0.15, -0.1) is 0 Å². The van der Waals surface area contributed by atoms with Crippen LogP contribution in [0, 0.1) is 5.82 Å². The average Bonchev–Trinajstić information content (AvgIpc) is 2.35. The van der Waals surface area contributed by atoms with E-state index in [1.165, 1.54) is 0 Å². The fourth-order valence-electron chi connectivity index (χ4n) is 1.66. The Labute approximate surface area is 99.0 Å². The molecule has 1 aliphatic heterocycles. The summed E-state index contributed by atoms with van der Waals surface area (Å²) in [5.41, 5.74) is 5.39. The zero-order valence-corrected chi connectivity index (χ0v) is 9.53. The van der Waals surface area contributed by atoms with Gasteiger partial charge in [0.15, 0.2) is 11.6 Å². The second-order valence-corrected chi connectivity index (χ2v) is 3.81. The minimum absolute atomic E-state index is 0.0697. The number of anilines is 2. The van der Waals surface area contributed by atoms with Gasteiger partial charge in [-0.3, -0.25) is 4.90 Å². The SMILES string of the molecule is Nc1ncc(F)c(NCCN2CCOCC2)n1. The van der Waals surface area contributed by atoms with Gasteiger partial charge >= 0.3 is 0 Å². The highest BCUT2D eigenvalue weighted by atomic mass is 19.1. The molecule has 3 N–H and O–H groups in total. The lowest BCUT2D eigenvalue weighted by Crippen LogP contribution is -2.39. The summed E-state index contributed by atoms with van der Waals surface area (Å²) in [6.45, 7) is 4.79. The molecule has 1 saturated heterocycles. The number of hydrogen-bond acceptors (Lipinski definition) is 6. The topological polar surface area (TPSA) is 76.3 Å². The van der Waals surface area contributed by atoms with Gasteiger partial charge in [0.05, 0.1) is 19.4 Å². The molecule has 0 saturated carbocycles. The Kier molecular flexibility index (Phi) is 4.05. The number of nitrogens with two attached hydrogens (primary N) is 1. The molecule has 94 valence electrons. The molecule has 0 aromatic carbocycles. The lowest BCUT2D eigenvalue weighted by Gasteiger charge is -2.26. The molecule has 0 spiro atoms. The summed E-state index contributed by atoms with van der Waals surface area (Å²) in [4.78, 5) is 9.60. The van der Waals surface area contributed by atoms with E-state index in [1.54, 1.807) is 0 Å². The maximum Gasteiger partial charge on any atom is 0.222 e. The van der Waals surface area contributed by atoms with Crippen molar-refractivity contribution < 1.29 is 9.13 Å². The number of morpholine rings is 1. The van der Waals surface area contributed by atoms with E-state index in [1.807, 2.05) is 0 Å². The number of hydrogen-bond donors (Lipinski definition) is 2. The molecule has 7 heteroatoms. The molecule has 0 unspecified atom stereocenters. The van der Waals surface area contributed by atoms with Crippen LogP contribution in [-0.2, 0) is 4.74 Å². The molecule has 1 aromatic rings. The molecular weight excluding hydrogens is 225 g/mol. The van der Waals surface area contributed by atoms with Crippen molar-refractivity contribution in [3.8, 4) is 0 Å². The quantitative estimate of drug-likeness (QED) is 0.769. The van der Waals surface area contributed by atoms with Crippen molar-refractivity contribution in [1.82, 2.24) is 14.9 Å². The number of ether oxygens (including phenoxy) is 1. The Morgan fingerprint density at radius 3 is 3.00 bits per heavy atom. The molecule has 2 rings (SSSR count). The van der Waals surface area contributed by atoms with Crippen molar-refractivity contribution >= 4 is 11.8 Å². The fraction of sp³-hybridized carbons (Fsp3) is 0.600. The van der Waals surface area contributed by atoms with E-state index in [0.29, 0.717) is 6.54 Å². The first-order chi connectivity index (χ1) is 8.25. The number of nitrogen functional groups attached to an aromatic ring is 1. The van der Waals surface area contributed by atoms with E-state index < -0.39 is 5.82 Å². The zero-order chi connectivity index (χ0) is 12.1. The van der Waals surface area contributed by atoms with Crippen LogP contribution < -0.4 is 11.1 Å². The standard InChI is InChI=1S/C10H16FN5O/c11-8-7-14-10(12)15-9(8)13-1-2-16-3-5-17-6-4-16/h7H,1-6H2,(H3,12,13,14,15). The molecule has 0 amide bonds. The van der Waals surface area contributed by atoms with Crippen LogP contribution in [0.4, 0.5) is 16.2 Å². The van der Waals surface area contributed by atoms with Crippen LogP contribution in [0.25, 0.3) is 0 Å². The molecule has 0 radical (unpaired) electrons. The van der Waals surface area contributed by atoms with Gasteiger partial charge in [-0.05, 0) is 0 Å². The van der Waals surface area contributed by atoms with Crippen molar-refractivity contribution in [2.75, 3.05) is 50.4 Å². The third-order valence-corrected chi connectivity index (χ3v) is 2.59. The highest BCUT2D eigenvalue weighted by Crippen LogP contribution is 2.09. The first-order valence-electron chi connectivity index (χ1n) is 5.57. The zero-order valence-electron chi connectivity index (χ0n) is 9.53. The number of halogens is 1. The number of nitrogens with one attached hydrogen (secondary N) is 1. The Balaban J connectivity index is 1.79. The van der Waals surface area contributed by atoms with Crippen molar-refractivity contribution in [3.05, 3.63) is 12.0 Å². The van der Waals surface area contributed by atoms with E-state index in [2.05, 4.69) is 20.2 Å². The monoisotopic (exact) mass is 241 g/mol. The largest absolute Gasteiger partial charge is 0.379 e. The smallest absolute Gasteiger partial charge is 0.222 e. The third-order valence-electron chi connectivity index (χ3n) is 2.59. The van der Waals surface area contributed by atoms with Crippen LogP contribution in [0.2, 0.25) is 0 Å². The van der Waals surface area contributed by atoms with Gasteiger partial charge in [-0.1, -0.05) is 0 Å². The van der Waals surface area contributed by atoms with Crippen molar-refractivity contribution in [2.45, 2.75) is 0 Å². The molecule has 0 atom stereocenters. The third kappa shape index (κ3) is 3.50. The molecule has 0 bridgehead atoms. The first kappa shape index (κ1) is 12.0. The second kappa shape index (κ2) is 5.74. The number of rotatable bonds is 4. The Bertz CT molecular complexity index is 370. The minimum Gasteiger partial charge on any atom is -0.379 e. The minimum atomic E-state index is -0.485. The summed E-state index contributed by atoms with van der Waals surface area (Å²) in [6.07, 6.45) is 1.07. The summed E-state index contributed by atoms with van der Waals surface area (Å²) in [5, 5.41) is 2.91. The molecule has 17 heavy (non-hydrogen) atoms. The van der Waals surface area contributed by atoms with Crippen molar-refractivity contribution in [1.29, 1.82) is 0 Å². The fourth-order valence-corrected chi connectivity index (χ4v) is 1.66. The molecule has 1 fully saturated rings. The van der Waals surface area contributed by atoms with Crippen molar-refractivity contribution in [2.24, 2.45) is 0 Å². The van der Waals surface area contributed by atoms with E-state index in [0.717, 1.165) is 39.0 Å². The maximum atomic E-state index is 13.3. The molecule has 1 aromatic heterocycles. The van der Waals surface area contributed by atoms with E-state index in [9.17, 15) is 4.39 Å². The van der Waals surface area contributed by atoms with E-state index in [-0.39, 0.29) is 11.8 Å². The molecule has 6 nitrogen and oxygen atoms in total.